The fourth-order valence-electron chi connectivity index (χ4n) is 0.538. The molecule has 50 valence electrons. The number of hydrogen-bond acceptors (Lipinski definition) is 2. The van der Waals surface area contributed by atoms with Crippen LogP contribution in [0.25, 0.3) is 0 Å². The monoisotopic (exact) mass is 182 g/mol. The lowest BCUT2D eigenvalue weighted by atomic mass is 10.8. The minimum Gasteiger partial charge on any atom is -0.427 e. The summed E-state index contributed by atoms with van der Waals surface area (Å²) >= 11 is 0. The lowest BCUT2D eigenvalue weighted by Crippen LogP contribution is -2.25. The summed E-state index contributed by atoms with van der Waals surface area (Å²) in [6, 6.07) is 0. The lowest BCUT2D eigenvalue weighted by molar-refractivity contribution is 0.209. The molecule has 0 rings (SSSR count). The molecule has 0 bridgehead atoms. The summed E-state index contributed by atoms with van der Waals surface area (Å²) in [5.41, 5.74) is 0.575. The predicted molar refractivity (Wildman–Crippen MR) is 49.2 cm³/mol. The summed E-state index contributed by atoms with van der Waals surface area (Å²) in [7, 11) is 3.29. The van der Waals surface area contributed by atoms with Crippen LogP contribution in [0.2, 0.25) is 0 Å². The molecule has 0 aliphatic heterocycles. The molecule has 0 saturated carbocycles. The first kappa shape index (κ1) is 8.79. The highest BCUT2D eigenvalue weighted by Gasteiger charge is 1.99. The third kappa shape index (κ3) is 3.75. The van der Waals surface area contributed by atoms with Crippen LogP contribution in [-0.4, -0.2) is 52.1 Å². The quantitative estimate of drug-likeness (QED) is 0.407. The van der Waals surface area contributed by atoms with Gasteiger partial charge in [0.05, 0.1) is 6.61 Å². The molecule has 0 aromatic carbocycles. The van der Waals surface area contributed by atoms with E-state index in [1.807, 2.05) is 0 Å². The molecule has 0 aromatic rings. The normalized spacial score (nSPS) is 16.5. The Balaban J connectivity index is 3.07. The van der Waals surface area contributed by atoms with E-state index in [2.05, 4.69) is 0 Å². The van der Waals surface area contributed by atoms with Crippen molar-refractivity contribution in [2.45, 2.75) is 5.73 Å². The Morgan fingerprint density at radius 3 is 2.25 bits per heavy atom. The molecule has 0 saturated heterocycles. The second kappa shape index (κ2) is 5.92. The Hall–Kier alpha value is 0.788. The summed E-state index contributed by atoms with van der Waals surface area (Å²) < 4.78 is 10.4. The molecule has 1 atom stereocenters. The van der Waals surface area contributed by atoms with Crippen molar-refractivity contribution in [2.24, 2.45) is 0 Å². The van der Waals surface area contributed by atoms with Gasteiger partial charge in [0, 0.05) is 14.8 Å². The van der Waals surface area contributed by atoms with E-state index in [0.29, 0.717) is 5.73 Å². The van der Waals surface area contributed by atoms with E-state index in [1.54, 1.807) is 0 Å². The van der Waals surface area contributed by atoms with Crippen LogP contribution in [0.15, 0.2) is 0 Å². The van der Waals surface area contributed by atoms with Crippen LogP contribution in [0, 0.1) is 0 Å². The zero-order valence-electron chi connectivity index (χ0n) is 5.81. The van der Waals surface area contributed by atoms with Crippen molar-refractivity contribution in [1.82, 2.24) is 0 Å². The smallest absolute Gasteiger partial charge is 0.146 e. The largest absolute Gasteiger partial charge is 0.427 e. The predicted octanol–water partition coefficient (Wildman–Crippen LogP) is -4.64. The van der Waals surface area contributed by atoms with Crippen LogP contribution >= 0.6 is 0 Å². The molecule has 0 aliphatic rings. The number of hydrogen-bond donors (Lipinski definition) is 0. The second-order valence-corrected chi connectivity index (χ2v) is 6.95. The maximum Gasteiger partial charge on any atom is 0.146 e. The molecule has 0 radical (unpaired) electrons. The molecular formula is C2H14O2Si4. The second-order valence-electron chi connectivity index (χ2n) is 1.72. The van der Waals surface area contributed by atoms with E-state index in [9.17, 15) is 0 Å². The minimum atomic E-state index is 0.166. The first-order valence-electron chi connectivity index (χ1n) is 2.86. The van der Waals surface area contributed by atoms with Gasteiger partial charge >= 0.3 is 0 Å². The highest BCUT2D eigenvalue weighted by atomic mass is 29.1. The molecule has 6 heteroatoms. The fraction of sp³-hybridized carbons (Fsp3) is 1.00. The Morgan fingerprint density at radius 1 is 1.50 bits per heavy atom. The van der Waals surface area contributed by atoms with E-state index in [4.69, 9.17) is 8.85 Å². The first-order valence-corrected chi connectivity index (χ1v) is 11.0. The molecule has 0 aromatic heterocycles. The van der Waals surface area contributed by atoms with Gasteiger partial charge in [-0.2, -0.15) is 0 Å². The topological polar surface area (TPSA) is 18.5 Å². The molecule has 0 heterocycles. The summed E-state index contributed by atoms with van der Waals surface area (Å²) in [4.78, 5) is 0. The SMILES string of the molecule is [SiH3]OCC(O[SiH3])[SiH2][SiH3]. The molecule has 0 spiro atoms. The molecule has 0 aliphatic carbocycles. The van der Waals surface area contributed by atoms with Crippen molar-refractivity contribution >= 4 is 39.8 Å². The third-order valence-corrected chi connectivity index (χ3v) is 7.02. The highest BCUT2D eigenvalue weighted by Crippen LogP contribution is 1.82. The summed E-state index contributed by atoms with van der Waals surface area (Å²) in [5.74, 6) is 0. The van der Waals surface area contributed by atoms with Crippen molar-refractivity contribution in [1.29, 1.82) is 0 Å². The van der Waals surface area contributed by atoms with Crippen LogP contribution in [0.5, 0.6) is 0 Å². The fourth-order valence-corrected chi connectivity index (χ4v) is 7.03. The average Bonchev–Trinajstić information content (AvgIpc) is 1.83. The van der Waals surface area contributed by atoms with E-state index < -0.39 is 0 Å². The zero-order valence-corrected chi connectivity index (χ0v) is 13.2. The Labute approximate surface area is 61.5 Å². The standard InChI is InChI=1S/C2H14O2Si4/c5-3-1-2(4-6)8-7/h2H,1,8H2,5-7H3. The molecule has 0 N–H and O–H groups in total. The highest BCUT2D eigenvalue weighted by molar-refractivity contribution is 6.90. The van der Waals surface area contributed by atoms with Crippen LogP contribution in [0.1, 0.15) is 0 Å². The van der Waals surface area contributed by atoms with Gasteiger partial charge in [0.15, 0.2) is 0 Å². The van der Waals surface area contributed by atoms with Crippen molar-refractivity contribution in [3.8, 4) is 0 Å². The van der Waals surface area contributed by atoms with Crippen molar-refractivity contribution in [3.63, 3.8) is 0 Å². The van der Waals surface area contributed by atoms with Gasteiger partial charge in [0.1, 0.15) is 21.0 Å². The van der Waals surface area contributed by atoms with Crippen molar-refractivity contribution in [2.75, 3.05) is 6.61 Å². The van der Waals surface area contributed by atoms with Gasteiger partial charge in [0.25, 0.3) is 0 Å². The zero-order chi connectivity index (χ0) is 6.41. The molecular weight excluding hydrogens is 168 g/mol. The van der Waals surface area contributed by atoms with Crippen LogP contribution in [0.3, 0.4) is 0 Å². The van der Waals surface area contributed by atoms with Gasteiger partial charge < -0.3 is 8.85 Å². The molecule has 0 amide bonds. The average molecular weight is 182 g/mol. The van der Waals surface area contributed by atoms with Crippen LogP contribution < -0.4 is 0 Å². The van der Waals surface area contributed by atoms with Crippen LogP contribution in [0.4, 0.5) is 0 Å². The summed E-state index contributed by atoms with van der Waals surface area (Å²) in [6.07, 6.45) is 0. The first-order chi connectivity index (χ1) is 3.85. The van der Waals surface area contributed by atoms with Gasteiger partial charge in [-0.3, -0.25) is 0 Å². The van der Waals surface area contributed by atoms with E-state index in [-0.39, 0.29) is 9.04 Å². The van der Waals surface area contributed by atoms with Gasteiger partial charge in [-0.1, -0.05) is 0 Å². The van der Waals surface area contributed by atoms with Gasteiger partial charge in [-0.05, 0) is 9.76 Å². The van der Waals surface area contributed by atoms with Crippen molar-refractivity contribution < 1.29 is 8.85 Å². The Bertz CT molecular complexity index is 47.3. The van der Waals surface area contributed by atoms with Gasteiger partial charge in [0.2, 0.25) is 0 Å². The van der Waals surface area contributed by atoms with E-state index >= 15 is 0 Å². The lowest BCUT2D eigenvalue weighted by Gasteiger charge is -2.10. The minimum absolute atomic E-state index is 0.166. The van der Waals surface area contributed by atoms with Gasteiger partial charge in [-0.25, -0.2) is 0 Å². The molecule has 0 fully saturated rings. The molecule has 1 unspecified atom stereocenters. The van der Waals surface area contributed by atoms with Gasteiger partial charge in [-0.15, -0.1) is 0 Å². The van der Waals surface area contributed by atoms with Crippen molar-refractivity contribution in [3.05, 3.63) is 0 Å². The summed E-state index contributed by atoms with van der Waals surface area (Å²) in [6.45, 7) is 0.894. The molecule has 2 nitrogen and oxygen atoms in total. The van der Waals surface area contributed by atoms with Crippen LogP contribution in [-0.2, 0) is 8.85 Å². The van der Waals surface area contributed by atoms with E-state index in [0.717, 1.165) is 27.6 Å². The summed E-state index contributed by atoms with van der Waals surface area (Å²) in [5, 5.41) is 0. The Morgan fingerprint density at radius 2 is 2.12 bits per heavy atom. The number of rotatable bonds is 4. The molecule has 8 heavy (non-hydrogen) atoms. The third-order valence-electron chi connectivity index (χ3n) is 1.14. The maximum absolute atomic E-state index is 5.27. The maximum atomic E-state index is 5.27. The van der Waals surface area contributed by atoms with E-state index in [1.165, 1.54) is 9.76 Å². The Kier molecular flexibility index (Phi) is 6.50.